The molecule has 3 heterocycles. The summed E-state index contributed by atoms with van der Waals surface area (Å²) in [6.45, 7) is -0.585. The number of phosphoric acid groups is 1. The van der Waals surface area contributed by atoms with E-state index in [0.717, 1.165) is 0 Å². The molecule has 14 heteroatoms. The first-order valence-electron chi connectivity index (χ1n) is 7.43. The summed E-state index contributed by atoms with van der Waals surface area (Å²) >= 11 is 1.32. The summed E-state index contributed by atoms with van der Waals surface area (Å²) in [4.78, 5) is 30.4. The highest BCUT2D eigenvalue weighted by Gasteiger charge is 2.45. The second kappa shape index (κ2) is 7.37. The predicted octanol–water partition coefficient (Wildman–Crippen LogP) is -0.682. The Morgan fingerprint density at radius 2 is 2.12 bits per heavy atom. The van der Waals surface area contributed by atoms with Crippen molar-refractivity contribution in [2.45, 2.75) is 29.7 Å². The zero-order chi connectivity index (χ0) is 19.1. The van der Waals surface area contributed by atoms with Gasteiger partial charge in [0.25, 0.3) is 0 Å². The van der Waals surface area contributed by atoms with Gasteiger partial charge in [-0.05, 0) is 6.26 Å². The van der Waals surface area contributed by atoms with Crippen molar-refractivity contribution in [3.05, 3.63) is 6.33 Å². The molecule has 4 atom stereocenters. The van der Waals surface area contributed by atoms with Gasteiger partial charge in [0.15, 0.2) is 28.4 Å². The Hall–Kier alpha value is -1.31. The molecule has 1 fully saturated rings. The van der Waals surface area contributed by atoms with E-state index in [1.165, 1.54) is 22.7 Å². The maximum Gasteiger partial charge on any atom is 0.469 e. The fourth-order valence-electron chi connectivity index (χ4n) is 2.62. The predicted molar refractivity (Wildman–Crippen MR) is 90.6 cm³/mol. The van der Waals surface area contributed by atoms with E-state index in [1.807, 2.05) is 0 Å². The molecule has 12 nitrogen and oxygen atoms in total. The third-order valence-corrected chi connectivity index (χ3v) is 4.87. The van der Waals surface area contributed by atoms with E-state index in [4.69, 9.17) is 14.5 Å². The van der Waals surface area contributed by atoms with Crippen LogP contribution >= 0.6 is 19.6 Å². The topological polar surface area (TPSA) is 172 Å². The first-order chi connectivity index (χ1) is 12.2. The zero-order valence-corrected chi connectivity index (χ0v) is 15.5. The number of aliphatic hydroxyl groups excluding tert-OH is 2. The van der Waals surface area contributed by atoms with E-state index in [1.54, 1.807) is 13.3 Å². The van der Waals surface area contributed by atoms with Gasteiger partial charge in [0.05, 0.1) is 12.9 Å². The van der Waals surface area contributed by atoms with Gasteiger partial charge in [-0.25, -0.2) is 19.5 Å². The second-order valence-electron chi connectivity index (χ2n) is 5.47. The van der Waals surface area contributed by atoms with Crippen molar-refractivity contribution in [3.8, 4) is 0 Å². The van der Waals surface area contributed by atoms with Gasteiger partial charge >= 0.3 is 7.82 Å². The van der Waals surface area contributed by atoms with E-state index in [0.29, 0.717) is 22.1 Å². The van der Waals surface area contributed by atoms with Gasteiger partial charge in [0, 0.05) is 7.05 Å². The lowest BCUT2D eigenvalue weighted by molar-refractivity contribution is -0.0504. The van der Waals surface area contributed by atoms with Gasteiger partial charge < -0.3 is 30.1 Å². The van der Waals surface area contributed by atoms with E-state index in [-0.39, 0.29) is 0 Å². The lowest BCUT2D eigenvalue weighted by Crippen LogP contribution is -2.33. The highest BCUT2D eigenvalue weighted by molar-refractivity contribution is 7.98. The van der Waals surface area contributed by atoms with E-state index < -0.39 is 39.0 Å². The number of imidazole rings is 1. The highest BCUT2D eigenvalue weighted by Crippen LogP contribution is 2.39. The molecule has 2 aromatic rings. The van der Waals surface area contributed by atoms with Crippen molar-refractivity contribution in [3.63, 3.8) is 0 Å². The van der Waals surface area contributed by atoms with E-state index in [2.05, 4.69) is 24.8 Å². The SMILES string of the molecule is CNc1nc(SC)nc2c1ncn2[C@@H]1O[C@H](COP(=O)(O)O)[C@@H](O)[C@H]1O. The number of thioether (sulfide) groups is 1. The Balaban J connectivity index is 1.92. The van der Waals surface area contributed by atoms with Crippen LogP contribution in [0.3, 0.4) is 0 Å². The van der Waals surface area contributed by atoms with Crippen molar-refractivity contribution >= 4 is 36.6 Å². The number of fused-ring (bicyclic) bond motifs is 1. The van der Waals surface area contributed by atoms with Crippen molar-refractivity contribution in [1.29, 1.82) is 0 Å². The minimum Gasteiger partial charge on any atom is -0.387 e. The largest absolute Gasteiger partial charge is 0.469 e. The van der Waals surface area contributed by atoms with Gasteiger partial charge in [-0.2, -0.15) is 0 Å². The third kappa shape index (κ3) is 3.70. The summed E-state index contributed by atoms with van der Waals surface area (Å²) in [6.07, 6.45) is -1.78. The number of phosphoric ester groups is 1. The number of aromatic nitrogens is 4. The molecule has 0 bridgehead atoms. The molecule has 1 aliphatic heterocycles. The van der Waals surface area contributed by atoms with Gasteiger partial charge in [-0.3, -0.25) is 9.09 Å². The minimum atomic E-state index is -4.73. The van der Waals surface area contributed by atoms with Crippen LogP contribution in [0.25, 0.3) is 11.2 Å². The first kappa shape index (κ1) is 19.5. The van der Waals surface area contributed by atoms with Gasteiger partial charge in [-0.15, -0.1) is 0 Å². The molecule has 26 heavy (non-hydrogen) atoms. The summed E-state index contributed by atoms with van der Waals surface area (Å²) in [5.74, 6) is 0.493. The van der Waals surface area contributed by atoms with Crippen LogP contribution in [0.1, 0.15) is 6.23 Å². The van der Waals surface area contributed by atoms with Gasteiger partial charge in [0.2, 0.25) is 0 Å². The average Bonchev–Trinajstić information content (AvgIpc) is 3.13. The molecule has 5 N–H and O–H groups in total. The maximum absolute atomic E-state index is 10.8. The van der Waals surface area contributed by atoms with Crippen LogP contribution < -0.4 is 5.32 Å². The first-order valence-corrected chi connectivity index (χ1v) is 10.2. The third-order valence-electron chi connectivity index (χ3n) is 3.84. The molecule has 1 saturated heterocycles. The molecule has 0 unspecified atom stereocenters. The Bertz CT molecular complexity index is 845. The van der Waals surface area contributed by atoms with Crippen LogP contribution in [0, 0.1) is 0 Å². The smallest absolute Gasteiger partial charge is 0.387 e. The summed E-state index contributed by atoms with van der Waals surface area (Å²) in [6, 6.07) is 0. The Kier molecular flexibility index (Phi) is 5.51. The molecule has 0 amide bonds. The van der Waals surface area contributed by atoms with Crippen LogP contribution in [0.5, 0.6) is 0 Å². The van der Waals surface area contributed by atoms with E-state index in [9.17, 15) is 14.8 Å². The summed E-state index contributed by atoms with van der Waals surface area (Å²) < 4.78 is 22.2. The number of rotatable bonds is 6. The number of hydrogen-bond donors (Lipinski definition) is 5. The average molecular weight is 407 g/mol. The monoisotopic (exact) mass is 407 g/mol. The highest BCUT2D eigenvalue weighted by atomic mass is 32.2. The second-order valence-corrected chi connectivity index (χ2v) is 7.48. The van der Waals surface area contributed by atoms with Gasteiger partial charge in [-0.1, -0.05) is 11.8 Å². The quantitative estimate of drug-likeness (QED) is 0.232. The van der Waals surface area contributed by atoms with Crippen molar-refractivity contribution < 1.29 is 33.8 Å². The van der Waals surface area contributed by atoms with Crippen LogP contribution in [0.2, 0.25) is 0 Å². The number of hydrogen-bond acceptors (Lipinski definition) is 10. The number of ether oxygens (including phenoxy) is 1. The molecule has 0 saturated carbocycles. The molecule has 0 spiro atoms. The molecule has 3 rings (SSSR count). The molecule has 1 aliphatic rings. The van der Waals surface area contributed by atoms with Crippen LogP contribution in [-0.4, -0.2) is 77.7 Å². The summed E-state index contributed by atoms with van der Waals surface area (Å²) in [5, 5.41) is 23.8. The number of anilines is 1. The molecule has 0 aliphatic carbocycles. The van der Waals surface area contributed by atoms with Crippen molar-refractivity contribution in [2.75, 3.05) is 25.2 Å². The molecule has 2 aromatic heterocycles. The maximum atomic E-state index is 10.8. The Morgan fingerprint density at radius 1 is 1.38 bits per heavy atom. The number of nitrogens with one attached hydrogen (secondary N) is 1. The van der Waals surface area contributed by atoms with Crippen molar-refractivity contribution in [1.82, 2.24) is 19.5 Å². The minimum absolute atomic E-state index is 0.376. The molecule has 0 aromatic carbocycles. The summed E-state index contributed by atoms with van der Waals surface area (Å²) in [5.41, 5.74) is 0.826. The number of aliphatic hydroxyl groups is 2. The Labute approximate surface area is 151 Å². The van der Waals surface area contributed by atoms with Crippen molar-refractivity contribution in [2.24, 2.45) is 0 Å². The number of nitrogens with zero attached hydrogens (tertiary/aromatic N) is 4. The zero-order valence-electron chi connectivity index (χ0n) is 13.8. The fourth-order valence-corrected chi connectivity index (χ4v) is 3.32. The standard InChI is InChI=1S/C12H18N5O7PS/c1-13-9-6-10(16-12(15-9)26-2)17(4-14-6)11-8(19)7(18)5(24-11)3-23-25(20,21)22/h4-5,7-8,11,18-19H,3H2,1-2H3,(H,13,15,16)(H2,20,21,22)/t5-,7-,8-,11-/m1/s1. The van der Waals surface area contributed by atoms with Crippen LogP contribution in [-0.2, 0) is 13.8 Å². The fraction of sp³-hybridized carbons (Fsp3) is 0.583. The Morgan fingerprint density at radius 3 is 2.73 bits per heavy atom. The van der Waals surface area contributed by atoms with Crippen LogP contribution in [0.15, 0.2) is 11.5 Å². The molecular weight excluding hydrogens is 389 g/mol. The summed E-state index contributed by atoms with van der Waals surface area (Å²) in [7, 11) is -3.04. The molecule has 0 radical (unpaired) electrons. The molecular formula is C12H18N5O7PS. The van der Waals surface area contributed by atoms with E-state index >= 15 is 0 Å². The lowest BCUT2D eigenvalue weighted by Gasteiger charge is -2.17. The lowest BCUT2D eigenvalue weighted by atomic mass is 10.1. The molecule has 144 valence electrons. The van der Waals surface area contributed by atoms with Crippen LogP contribution in [0.4, 0.5) is 5.82 Å². The van der Waals surface area contributed by atoms with Gasteiger partial charge in [0.1, 0.15) is 18.3 Å². The normalized spacial score (nSPS) is 26.5.